The van der Waals surface area contributed by atoms with Gasteiger partial charge in [-0.15, -0.1) is 11.8 Å². The number of halogens is 1. The van der Waals surface area contributed by atoms with Gasteiger partial charge in [-0.3, -0.25) is 0 Å². The molecule has 2 rings (SSSR count). The van der Waals surface area contributed by atoms with Crippen LogP contribution in [0.3, 0.4) is 0 Å². The van der Waals surface area contributed by atoms with E-state index in [1.165, 1.54) is 22.6 Å². The van der Waals surface area contributed by atoms with Crippen LogP contribution in [0.2, 0.25) is 5.02 Å². The molecule has 1 aliphatic rings. The van der Waals surface area contributed by atoms with Crippen LogP contribution in [0.1, 0.15) is 24.3 Å². The summed E-state index contributed by atoms with van der Waals surface area (Å²) in [5.41, 5.74) is 6.88. The molecule has 1 aromatic rings. The lowest BCUT2D eigenvalue weighted by atomic mass is 9.96. The van der Waals surface area contributed by atoms with E-state index >= 15 is 0 Å². The molecule has 0 aliphatic carbocycles. The highest BCUT2D eigenvalue weighted by atomic mass is 35.5. The predicted octanol–water partition coefficient (Wildman–Crippen LogP) is 3.27. The molecular weight excluding hydrogens is 214 g/mol. The van der Waals surface area contributed by atoms with Gasteiger partial charge in [-0.05, 0) is 43.0 Å². The molecule has 0 amide bonds. The predicted molar refractivity (Wildman–Crippen MR) is 63.2 cm³/mol. The second kappa shape index (κ2) is 4.56. The SMILES string of the molecule is NCCCC1CSc2cccc(Cl)c21. The van der Waals surface area contributed by atoms with Crippen LogP contribution in [0.15, 0.2) is 23.1 Å². The zero-order valence-corrected chi connectivity index (χ0v) is 9.57. The summed E-state index contributed by atoms with van der Waals surface area (Å²) >= 11 is 8.11. The van der Waals surface area contributed by atoms with Crippen molar-refractivity contribution in [3.8, 4) is 0 Å². The minimum atomic E-state index is 0.618. The topological polar surface area (TPSA) is 26.0 Å². The fourth-order valence-corrected chi connectivity index (χ4v) is 3.61. The Labute approximate surface area is 94.0 Å². The second-order valence-corrected chi connectivity index (χ2v) is 5.06. The number of fused-ring (bicyclic) bond motifs is 1. The molecule has 0 radical (unpaired) electrons. The molecule has 1 atom stereocenters. The molecule has 1 aromatic carbocycles. The van der Waals surface area contributed by atoms with E-state index in [9.17, 15) is 0 Å². The number of rotatable bonds is 3. The number of hydrogen-bond acceptors (Lipinski definition) is 2. The summed E-state index contributed by atoms with van der Waals surface area (Å²) in [5, 5.41) is 0.925. The molecule has 1 heterocycles. The van der Waals surface area contributed by atoms with Gasteiger partial charge in [0.2, 0.25) is 0 Å². The summed E-state index contributed by atoms with van der Waals surface area (Å²) in [6.45, 7) is 0.779. The van der Waals surface area contributed by atoms with Gasteiger partial charge in [0.05, 0.1) is 0 Å². The third-order valence-electron chi connectivity index (χ3n) is 2.62. The van der Waals surface area contributed by atoms with E-state index in [0.29, 0.717) is 5.92 Å². The second-order valence-electron chi connectivity index (χ2n) is 3.59. The summed E-state index contributed by atoms with van der Waals surface area (Å²) in [5.74, 6) is 1.78. The molecule has 0 bridgehead atoms. The van der Waals surface area contributed by atoms with E-state index in [0.717, 1.165) is 18.0 Å². The largest absolute Gasteiger partial charge is 0.330 e. The van der Waals surface area contributed by atoms with Crippen molar-refractivity contribution in [2.24, 2.45) is 5.73 Å². The van der Waals surface area contributed by atoms with Gasteiger partial charge in [0.15, 0.2) is 0 Å². The molecule has 2 N–H and O–H groups in total. The third-order valence-corrected chi connectivity index (χ3v) is 4.18. The standard InChI is InChI=1S/C11H14ClNS/c12-9-4-1-5-10-11(9)8(7-14-10)3-2-6-13/h1,4-5,8H,2-3,6-7,13H2. The van der Waals surface area contributed by atoms with E-state index in [-0.39, 0.29) is 0 Å². The van der Waals surface area contributed by atoms with E-state index < -0.39 is 0 Å². The first-order valence-corrected chi connectivity index (χ1v) is 6.30. The first-order valence-electron chi connectivity index (χ1n) is 4.94. The highest BCUT2D eigenvalue weighted by Crippen LogP contribution is 2.44. The summed E-state index contributed by atoms with van der Waals surface area (Å²) < 4.78 is 0. The molecule has 0 saturated heterocycles. The van der Waals surface area contributed by atoms with Crippen LogP contribution >= 0.6 is 23.4 Å². The van der Waals surface area contributed by atoms with E-state index in [1.807, 2.05) is 23.9 Å². The quantitative estimate of drug-likeness (QED) is 0.858. The molecule has 1 aliphatic heterocycles. The zero-order valence-electron chi connectivity index (χ0n) is 8.00. The fourth-order valence-electron chi connectivity index (χ4n) is 1.90. The molecule has 1 unspecified atom stereocenters. The van der Waals surface area contributed by atoms with Crippen molar-refractivity contribution in [2.75, 3.05) is 12.3 Å². The van der Waals surface area contributed by atoms with Crippen LogP contribution in [0, 0.1) is 0 Å². The van der Waals surface area contributed by atoms with E-state index in [1.54, 1.807) is 0 Å². The molecule has 0 spiro atoms. The Hall–Kier alpha value is -0.180. The van der Waals surface area contributed by atoms with E-state index in [4.69, 9.17) is 17.3 Å². The van der Waals surface area contributed by atoms with Gasteiger partial charge in [-0.1, -0.05) is 17.7 Å². The molecule has 1 nitrogen and oxygen atoms in total. The first kappa shape index (κ1) is 10.3. The molecular formula is C11H14ClNS. The Morgan fingerprint density at radius 2 is 2.36 bits per heavy atom. The van der Waals surface area contributed by atoms with Crippen molar-refractivity contribution in [1.82, 2.24) is 0 Å². The number of benzene rings is 1. The van der Waals surface area contributed by atoms with Gasteiger partial charge in [0, 0.05) is 15.7 Å². The van der Waals surface area contributed by atoms with Gasteiger partial charge in [0.1, 0.15) is 0 Å². The summed E-state index contributed by atoms with van der Waals surface area (Å²) in [6, 6.07) is 6.18. The molecule has 76 valence electrons. The van der Waals surface area contributed by atoms with Crippen LogP contribution in [-0.4, -0.2) is 12.3 Å². The van der Waals surface area contributed by atoms with Gasteiger partial charge >= 0.3 is 0 Å². The summed E-state index contributed by atoms with van der Waals surface area (Å²) in [4.78, 5) is 1.36. The molecule has 0 saturated carbocycles. The average molecular weight is 228 g/mol. The Morgan fingerprint density at radius 1 is 1.50 bits per heavy atom. The minimum absolute atomic E-state index is 0.618. The fraction of sp³-hybridized carbons (Fsp3) is 0.455. The summed E-state index contributed by atoms with van der Waals surface area (Å²) in [6.07, 6.45) is 2.26. The van der Waals surface area contributed by atoms with Crippen molar-refractivity contribution in [3.05, 3.63) is 28.8 Å². The van der Waals surface area contributed by atoms with Gasteiger partial charge in [-0.2, -0.15) is 0 Å². The van der Waals surface area contributed by atoms with Crippen LogP contribution in [0.25, 0.3) is 0 Å². The highest BCUT2D eigenvalue weighted by molar-refractivity contribution is 7.99. The number of thioether (sulfide) groups is 1. The van der Waals surface area contributed by atoms with Crippen LogP contribution < -0.4 is 5.73 Å². The van der Waals surface area contributed by atoms with Crippen molar-refractivity contribution >= 4 is 23.4 Å². The van der Waals surface area contributed by atoms with Gasteiger partial charge < -0.3 is 5.73 Å². The molecule has 3 heteroatoms. The van der Waals surface area contributed by atoms with Crippen LogP contribution in [-0.2, 0) is 0 Å². The van der Waals surface area contributed by atoms with Crippen molar-refractivity contribution < 1.29 is 0 Å². The Kier molecular flexibility index (Phi) is 3.37. The third kappa shape index (κ3) is 1.92. The van der Waals surface area contributed by atoms with Crippen LogP contribution in [0.4, 0.5) is 0 Å². The zero-order chi connectivity index (χ0) is 9.97. The lowest BCUT2D eigenvalue weighted by molar-refractivity contribution is 0.649. The Bertz CT molecular complexity index is 327. The maximum atomic E-state index is 6.20. The number of nitrogens with two attached hydrogens (primary N) is 1. The van der Waals surface area contributed by atoms with Crippen molar-refractivity contribution in [1.29, 1.82) is 0 Å². The Morgan fingerprint density at radius 3 is 3.14 bits per heavy atom. The highest BCUT2D eigenvalue weighted by Gasteiger charge is 2.24. The summed E-state index contributed by atoms with van der Waals surface area (Å²) in [7, 11) is 0. The number of hydrogen-bond donors (Lipinski definition) is 1. The maximum absolute atomic E-state index is 6.20. The maximum Gasteiger partial charge on any atom is 0.0452 e. The average Bonchev–Trinajstić information content (AvgIpc) is 2.59. The normalized spacial score (nSPS) is 19.7. The Balaban J connectivity index is 2.20. The smallest absolute Gasteiger partial charge is 0.0452 e. The first-order chi connectivity index (χ1) is 6.83. The lowest BCUT2D eigenvalue weighted by Crippen LogP contribution is -2.04. The van der Waals surface area contributed by atoms with Gasteiger partial charge in [-0.25, -0.2) is 0 Å². The lowest BCUT2D eigenvalue weighted by Gasteiger charge is -2.10. The minimum Gasteiger partial charge on any atom is -0.330 e. The van der Waals surface area contributed by atoms with E-state index in [2.05, 4.69) is 6.07 Å². The molecule has 0 aromatic heterocycles. The van der Waals surface area contributed by atoms with Gasteiger partial charge in [0.25, 0.3) is 0 Å². The van der Waals surface area contributed by atoms with Crippen molar-refractivity contribution in [3.63, 3.8) is 0 Å². The molecule has 14 heavy (non-hydrogen) atoms. The van der Waals surface area contributed by atoms with Crippen LogP contribution in [0.5, 0.6) is 0 Å². The monoisotopic (exact) mass is 227 g/mol. The van der Waals surface area contributed by atoms with Crippen molar-refractivity contribution in [2.45, 2.75) is 23.7 Å². The molecule has 0 fully saturated rings.